The smallest absolute Gasteiger partial charge is 0.259 e. The van der Waals surface area contributed by atoms with E-state index >= 15 is 0 Å². The monoisotopic (exact) mass is 406 g/mol. The van der Waals surface area contributed by atoms with Gasteiger partial charge in [0.15, 0.2) is 11.5 Å². The minimum Gasteiger partial charge on any atom is -0.504 e. The molecule has 1 aromatic heterocycles. The van der Waals surface area contributed by atoms with Gasteiger partial charge in [-0.25, -0.2) is 0 Å². The molecule has 0 saturated heterocycles. The number of carbonyl (C=O) groups is 2. The predicted octanol–water partition coefficient (Wildman–Crippen LogP) is 4.25. The molecule has 5 rings (SSSR count). The van der Waals surface area contributed by atoms with E-state index in [0.717, 1.165) is 5.52 Å². The van der Waals surface area contributed by atoms with Crippen LogP contribution in [0.3, 0.4) is 0 Å². The molecule has 1 aliphatic rings. The van der Waals surface area contributed by atoms with Crippen LogP contribution in [0, 0.1) is 0 Å². The number of hydrogen-bond acceptors (Lipinski definition) is 4. The van der Waals surface area contributed by atoms with E-state index in [1.54, 1.807) is 18.2 Å². The fourth-order valence-electron chi connectivity index (χ4n) is 4.12. The molecule has 6 nitrogen and oxygen atoms in total. The number of halogens is 1. The Hall–Kier alpha value is -3.51. The molecule has 0 atom stereocenters. The van der Waals surface area contributed by atoms with Gasteiger partial charge >= 0.3 is 0 Å². The number of fused-ring (bicyclic) bond motifs is 5. The third-order valence-corrected chi connectivity index (χ3v) is 5.77. The van der Waals surface area contributed by atoms with Crippen LogP contribution in [0.4, 0.5) is 0 Å². The normalized spacial score (nSPS) is 13.2. The molecule has 0 aliphatic carbocycles. The average molecular weight is 407 g/mol. The number of hydrogen-bond donors (Lipinski definition) is 2. The number of aromatic hydroxyl groups is 1. The number of carbonyl (C=O) groups excluding carboxylic acids is 2. The van der Waals surface area contributed by atoms with Crippen molar-refractivity contribution in [3.8, 4) is 22.6 Å². The van der Waals surface area contributed by atoms with Gasteiger partial charge in [0.05, 0.1) is 29.3 Å². The number of benzene rings is 3. The molecule has 0 radical (unpaired) electrons. The molecule has 0 fully saturated rings. The first-order valence-electron chi connectivity index (χ1n) is 8.89. The topological polar surface area (TPSA) is 80.6 Å². The molecule has 1 aliphatic heterocycles. The maximum absolute atomic E-state index is 12.8. The first-order chi connectivity index (χ1) is 13.9. The van der Waals surface area contributed by atoms with Crippen LogP contribution in [-0.2, 0) is 7.05 Å². The van der Waals surface area contributed by atoms with E-state index in [1.165, 1.54) is 7.11 Å². The van der Waals surface area contributed by atoms with Gasteiger partial charge in [0.1, 0.15) is 0 Å². The zero-order valence-corrected chi connectivity index (χ0v) is 16.3. The number of imide groups is 1. The number of aryl methyl sites for hydroxylation is 1. The second-order valence-corrected chi connectivity index (χ2v) is 7.34. The molecule has 0 bridgehead atoms. The van der Waals surface area contributed by atoms with Gasteiger partial charge in [-0.15, -0.1) is 0 Å². The van der Waals surface area contributed by atoms with Crippen LogP contribution in [0.2, 0.25) is 5.02 Å². The van der Waals surface area contributed by atoms with Crippen molar-refractivity contribution < 1.29 is 19.4 Å². The van der Waals surface area contributed by atoms with Crippen molar-refractivity contribution in [1.82, 2.24) is 9.88 Å². The van der Waals surface area contributed by atoms with Gasteiger partial charge in [0.2, 0.25) is 0 Å². The Morgan fingerprint density at radius 2 is 1.72 bits per heavy atom. The van der Waals surface area contributed by atoms with Gasteiger partial charge in [0.25, 0.3) is 11.8 Å². The number of amides is 2. The summed E-state index contributed by atoms with van der Waals surface area (Å²) >= 11 is 6.40. The highest BCUT2D eigenvalue weighted by Gasteiger charge is 2.34. The van der Waals surface area contributed by atoms with E-state index in [2.05, 4.69) is 5.32 Å². The molecule has 0 unspecified atom stereocenters. The molecule has 144 valence electrons. The number of rotatable bonds is 2. The van der Waals surface area contributed by atoms with Crippen molar-refractivity contribution in [3.05, 3.63) is 58.6 Å². The molecule has 0 saturated carbocycles. The summed E-state index contributed by atoms with van der Waals surface area (Å²) in [6.45, 7) is 0. The van der Waals surface area contributed by atoms with E-state index < -0.39 is 11.8 Å². The molecular formula is C22H15ClN2O4. The number of phenols is 1. The molecule has 2 amide bonds. The fourth-order valence-corrected chi connectivity index (χ4v) is 4.35. The lowest BCUT2D eigenvalue weighted by Gasteiger charge is -2.10. The maximum atomic E-state index is 12.8. The van der Waals surface area contributed by atoms with Crippen molar-refractivity contribution in [3.63, 3.8) is 0 Å². The first-order valence-corrected chi connectivity index (χ1v) is 9.27. The molecule has 3 aromatic carbocycles. The van der Waals surface area contributed by atoms with E-state index in [9.17, 15) is 14.7 Å². The lowest BCUT2D eigenvalue weighted by molar-refractivity contribution is 0.0880. The lowest BCUT2D eigenvalue weighted by atomic mass is 9.93. The molecule has 2 heterocycles. The van der Waals surface area contributed by atoms with Crippen molar-refractivity contribution in [2.75, 3.05) is 7.11 Å². The maximum Gasteiger partial charge on any atom is 0.259 e. The number of aromatic nitrogens is 1. The van der Waals surface area contributed by atoms with Gasteiger partial charge in [-0.2, -0.15) is 0 Å². The Morgan fingerprint density at radius 3 is 2.45 bits per heavy atom. The van der Waals surface area contributed by atoms with Crippen molar-refractivity contribution >= 4 is 45.2 Å². The second-order valence-electron chi connectivity index (χ2n) is 6.93. The molecule has 4 aromatic rings. The van der Waals surface area contributed by atoms with Crippen molar-refractivity contribution in [1.29, 1.82) is 0 Å². The number of nitrogens with one attached hydrogen (secondary N) is 1. The van der Waals surface area contributed by atoms with E-state index in [1.807, 2.05) is 35.9 Å². The van der Waals surface area contributed by atoms with Crippen molar-refractivity contribution in [2.24, 2.45) is 7.05 Å². The highest BCUT2D eigenvalue weighted by molar-refractivity contribution is 6.36. The van der Waals surface area contributed by atoms with Gasteiger partial charge in [-0.3, -0.25) is 14.9 Å². The summed E-state index contributed by atoms with van der Waals surface area (Å²) in [6.07, 6.45) is 0. The lowest BCUT2D eigenvalue weighted by Crippen LogP contribution is -2.20. The quantitative estimate of drug-likeness (QED) is 0.488. The van der Waals surface area contributed by atoms with Gasteiger partial charge < -0.3 is 14.4 Å². The zero-order chi connectivity index (χ0) is 20.4. The standard InChI is InChI=1S/C22H15ClN2O4/c1-25-14-9-16(26)17(29-2)8-12(14)18-15(25)7-11(10-5-3-4-6-13(10)23)19-20(18)22(28)24-21(19)27/h3-9,26H,1-2H3,(H,24,27,28). The van der Waals surface area contributed by atoms with Crippen LogP contribution >= 0.6 is 11.6 Å². The highest BCUT2D eigenvalue weighted by Crippen LogP contribution is 2.43. The third-order valence-electron chi connectivity index (χ3n) is 5.44. The molecule has 7 heteroatoms. The molecule has 2 N–H and O–H groups in total. The number of ether oxygens (including phenoxy) is 1. The van der Waals surface area contributed by atoms with Crippen LogP contribution in [-0.4, -0.2) is 28.6 Å². The molecular weight excluding hydrogens is 392 g/mol. The SMILES string of the molecule is COc1cc2c3c4c(c(-c5ccccc5Cl)cc3n(C)c2cc1O)C(=O)NC4=O. The summed E-state index contributed by atoms with van der Waals surface area (Å²) in [4.78, 5) is 25.5. The van der Waals surface area contributed by atoms with Crippen LogP contribution < -0.4 is 10.1 Å². The van der Waals surface area contributed by atoms with E-state index in [4.69, 9.17) is 16.3 Å². The molecule has 0 spiro atoms. The number of methoxy groups -OCH3 is 1. The summed E-state index contributed by atoms with van der Waals surface area (Å²) in [6, 6.07) is 12.3. The Balaban J connectivity index is 2.01. The minimum atomic E-state index is -0.455. The average Bonchev–Trinajstić information content (AvgIpc) is 3.15. The van der Waals surface area contributed by atoms with Gasteiger partial charge in [-0.1, -0.05) is 29.8 Å². The second kappa shape index (κ2) is 5.99. The van der Waals surface area contributed by atoms with Crippen LogP contribution in [0.5, 0.6) is 11.5 Å². The van der Waals surface area contributed by atoms with Gasteiger partial charge in [-0.05, 0) is 23.8 Å². The summed E-state index contributed by atoms with van der Waals surface area (Å²) in [5, 5.41) is 14.5. The minimum absolute atomic E-state index is 0.00518. The van der Waals surface area contributed by atoms with E-state index in [0.29, 0.717) is 49.3 Å². The van der Waals surface area contributed by atoms with Gasteiger partial charge in [0, 0.05) is 34.5 Å². The summed E-state index contributed by atoms with van der Waals surface area (Å²) in [7, 11) is 3.30. The Morgan fingerprint density at radius 1 is 1.00 bits per heavy atom. The zero-order valence-electron chi connectivity index (χ0n) is 15.5. The molecule has 29 heavy (non-hydrogen) atoms. The number of phenolic OH excluding ortho intramolecular Hbond substituents is 1. The van der Waals surface area contributed by atoms with Crippen LogP contribution in [0.15, 0.2) is 42.5 Å². The fraction of sp³-hybridized carbons (Fsp3) is 0.0909. The summed E-state index contributed by atoms with van der Waals surface area (Å²) in [5.74, 6) is -0.624. The summed E-state index contributed by atoms with van der Waals surface area (Å²) in [5.41, 5.74) is 3.32. The summed E-state index contributed by atoms with van der Waals surface area (Å²) < 4.78 is 7.12. The largest absolute Gasteiger partial charge is 0.504 e. The Kier molecular flexibility index (Phi) is 3.63. The van der Waals surface area contributed by atoms with Crippen LogP contribution in [0.1, 0.15) is 20.7 Å². The Bertz CT molecular complexity index is 1390. The highest BCUT2D eigenvalue weighted by atomic mass is 35.5. The predicted molar refractivity (Wildman–Crippen MR) is 111 cm³/mol. The van der Waals surface area contributed by atoms with Crippen LogP contribution in [0.25, 0.3) is 32.9 Å². The number of nitrogens with zero attached hydrogens (tertiary/aromatic N) is 1. The Labute approximate surface area is 170 Å². The van der Waals surface area contributed by atoms with Crippen molar-refractivity contribution in [2.45, 2.75) is 0 Å². The first kappa shape index (κ1) is 17.6. The van der Waals surface area contributed by atoms with E-state index in [-0.39, 0.29) is 5.75 Å². The third kappa shape index (κ3) is 2.29.